The summed E-state index contributed by atoms with van der Waals surface area (Å²) in [7, 11) is 0. The van der Waals surface area contributed by atoms with E-state index in [2.05, 4.69) is 15.7 Å². The fraction of sp³-hybridized carbons (Fsp3) is 0.273. The van der Waals surface area contributed by atoms with Crippen LogP contribution in [0.5, 0.6) is 5.75 Å². The van der Waals surface area contributed by atoms with Crippen molar-refractivity contribution in [1.29, 1.82) is 0 Å². The van der Waals surface area contributed by atoms with Gasteiger partial charge in [-0.15, -0.1) is 0 Å². The monoisotopic (exact) mass is 412 g/mol. The minimum Gasteiger partial charge on any atom is -0.489 e. The van der Waals surface area contributed by atoms with E-state index in [9.17, 15) is 4.79 Å². The molecule has 0 spiro atoms. The number of carbonyl (C=O) groups is 1. The van der Waals surface area contributed by atoms with E-state index in [-0.39, 0.29) is 5.91 Å². The average molecular weight is 413 g/mol. The van der Waals surface area contributed by atoms with E-state index < -0.39 is 0 Å². The van der Waals surface area contributed by atoms with Gasteiger partial charge in [0.15, 0.2) is 0 Å². The van der Waals surface area contributed by atoms with E-state index in [0.717, 1.165) is 41.3 Å². The fourth-order valence-corrected chi connectivity index (χ4v) is 3.18. The zero-order chi connectivity index (χ0) is 20.6. The number of nitrogens with zero attached hydrogens (tertiary/aromatic N) is 2. The lowest BCUT2D eigenvalue weighted by atomic mass is 10.2. The summed E-state index contributed by atoms with van der Waals surface area (Å²) < 4.78 is 7.65. The first-order valence-corrected chi connectivity index (χ1v) is 9.88. The van der Waals surface area contributed by atoms with Gasteiger partial charge >= 0.3 is 0 Å². The molecule has 3 rings (SSSR count). The van der Waals surface area contributed by atoms with Crippen molar-refractivity contribution in [2.24, 2.45) is 0 Å². The average Bonchev–Trinajstić information content (AvgIpc) is 3.01. The highest BCUT2D eigenvalue weighted by molar-refractivity contribution is 6.30. The minimum absolute atomic E-state index is 0.0158. The first-order valence-electron chi connectivity index (χ1n) is 9.51. The molecule has 1 aromatic heterocycles. The van der Waals surface area contributed by atoms with E-state index in [1.54, 1.807) is 4.68 Å². The topological polar surface area (TPSA) is 68.2 Å². The quantitative estimate of drug-likeness (QED) is 0.526. The number of aromatic nitrogens is 2. The summed E-state index contributed by atoms with van der Waals surface area (Å²) in [4.78, 5) is 10.8. The van der Waals surface area contributed by atoms with E-state index >= 15 is 0 Å². The molecule has 1 amide bonds. The molecule has 29 heavy (non-hydrogen) atoms. The molecule has 0 atom stereocenters. The van der Waals surface area contributed by atoms with E-state index in [4.69, 9.17) is 16.3 Å². The van der Waals surface area contributed by atoms with Crippen LogP contribution in [0.1, 0.15) is 23.7 Å². The van der Waals surface area contributed by atoms with Gasteiger partial charge in [0.2, 0.25) is 5.91 Å². The number of ether oxygens (including phenoxy) is 1. The molecule has 2 N–H and O–H groups in total. The van der Waals surface area contributed by atoms with Crippen molar-refractivity contribution in [2.75, 3.05) is 13.1 Å². The lowest BCUT2D eigenvalue weighted by Crippen LogP contribution is -2.29. The molecule has 0 aliphatic rings. The number of nitrogens with one attached hydrogen (secondary N) is 2. The Morgan fingerprint density at radius 3 is 2.52 bits per heavy atom. The highest BCUT2D eigenvalue weighted by Crippen LogP contribution is 2.25. The molecule has 0 unspecified atom stereocenters. The molecule has 0 fully saturated rings. The molecular weight excluding hydrogens is 388 g/mol. The number of benzene rings is 2. The molecule has 0 saturated carbocycles. The smallest absolute Gasteiger partial charge is 0.216 e. The third-order valence-corrected chi connectivity index (χ3v) is 4.82. The number of para-hydroxylation sites is 1. The maximum Gasteiger partial charge on any atom is 0.216 e. The van der Waals surface area contributed by atoms with Crippen LogP contribution in [0.15, 0.2) is 54.6 Å². The van der Waals surface area contributed by atoms with Crippen LogP contribution in [-0.4, -0.2) is 28.8 Å². The zero-order valence-corrected chi connectivity index (χ0v) is 17.4. The van der Waals surface area contributed by atoms with Crippen LogP contribution in [0, 0.1) is 6.92 Å². The molecule has 0 radical (unpaired) electrons. The summed E-state index contributed by atoms with van der Waals surface area (Å²) in [6.07, 6.45) is 0. The molecule has 7 heteroatoms. The van der Waals surface area contributed by atoms with Gasteiger partial charge in [-0.2, -0.15) is 5.10 Å². The second-order valence-electron chi connectivity index (χ2n) is 6.69. The second kappa shape index (κ2) is 10.1. The Morgan fingerprint density at radius 1 is 1.10 bits per heavy atom. The van der Waals surface area contributed by atoms with Gasteiger partial charge in [0.1, 0.15) is 17.5 Å². The molecule has 3 aromatic rings. The second-order valence-corrected chi connectivity index (χ2v) is 7.05. The normalized spacial score (nSPS) is 10.7. The van der Waals surface area contributed by atoms with Crippen molar-refractivity contribution in [3.8, 4) is 11.4 Å². The van der Waals surface area contributed by atoms with Gasteiger partial charge in [0, 0.05) is 32.1 Å². The Labute approximate surface area is 175 Å². The molecule has 0 aliphatic carbocycles. The molecule has 0 bridgehead atoms. The van der Waals surface area contributed by atoms with Gasteiger partial charge in [-0.05, 0) is 36.8 Å². The summed E-state index contributed by atoms with van der Waals surface area (Å²) in [5, 5.41) is 11.1. The maximum atomic E-state index is 10.8. The summed E-state index contributed by atoms with van der Waals surface area (Å²) in [6, 6.07) is 17.7. The molecular formula is C22H25ClN4O2. The Balaban J connectivity index is 1.54. The summed E-state index contributed by atoms with van der Waals surface area (Å²) in [5.74, 6) is 0.757. The van der Waals surface area contributed by atoms with Crippen LogP contribution < -0.4 is 15.4 Å². The molecule has 2 aromatic carbocycles. The summed E-state index contributed by atoms with van der Waals surface area (Å²) >= 11 is 6.54. The zero-order valence-electron chi connectivity index (χ0n) is 16.6. The molecule has 1 heterocycles. The number of hydrogen-bond donors (Lipinski definition) is 2. The van der Waals surface area contributed by atoms with Gasteiger partial charge in [0.05, 0.1) is 11.4 Å². The number of amides is 1. The molecule has 6 nitrogen and oxygen atoms in total. The fourth-order valence-electron chi connectivity index (χ4n) is 2.85. The Kier molecular flexibility index (Phi) is 7.27. The first kappa shape index (κ1) is 20.9. The van der Waals surface area contributed by atoms with Crippen LogP contribution in [0.4, 0.5) is 0 Å². The van der Waals surface area contributed by atoms with Gasteiger partial charge in [-0.1, -0.05) is 41.9 Å². The summed E-state index contributed by atoms with van der Waals surface area (Å²) in [5.41, 5.74) is 3.78. The highest BCUT2D eigenvalue weighted by atomic mass is 35.5. The SMILES string of the molecule is CC(=O)NCCNCc1ccc(OCc2c(C)nn(-c3ccccc3)c2Cl)cc1. The molecule has 0 aliphatic heterocycles. The van der Waals surface area contributed by atoms with Crippen LogP contribution >= 0.6 is 11.6 Å². The number of hydrogen-bond acceptors (Lipinski definition) is 4. The van der Waals surface area contributed by atoms with Crippen molar-refractivity contribution >= 4 is 17.5 Å². The first-order chi connectivity index (χ1) is 14.0. The van der Waals surface area contributed by atoms with Gasteiger partial charge in [-0.3, -0.25) is 4.79 Å². The van der Waals surface area contributed by atoms with Crippen molar-refractivity contribution in [1.82, 2.24) is 20.4 Å². The Morgan fingerprint density at radius 2 is 1.83 bits per heavy atom. The largest absolute Gasteiger partial charge is 0.489 e. The van der Waals surface area contributed by atoms with E-state index in [0.29, 0.717) is 18.3 Å². The van der Waals surface area contributed by atoms with E-state index in [1.165, 1.54) is 6.92 Å². The third kappa shape index (κ3) is 5.82. The van der Waals surface area contributed by atoms with Crippen molar-refractivity contribution in [2.45, 2.75) is 27.0 Å². The highest BCUT2D eigenvalue weighted by Gasteiger charge is 2.15. The maximum absolute atomic E-state index is 10.8. The number of aryl methyl sites for hydroxylation is 1. The van der Waals surface area contributed by atoms with Crippen molar-refractivity contribution in [3.63, 3.8) is 0 Å². The van der Waals surface area contributed by atoms with Gasteiger partial charge < -0.3 is 15.4 Å². The van der Waals surface area contributed by atoms with Crippen LogP contribution in [0.2, 0.25) is 5.15 Å². The number of rotatable bonds is 9. The standard InChI is InChI=1S/C22H25ClN4O2/c1-16-21(22(23)27(26-16)19-6-4-3-5-7-19)15-29-20-10-8-18(9-11-20)14-24-12-13-25-17(2)28/h3-11,24H,12-15H2,1-2H3,(H,25,28). The lowest BCUT2D eigenvalue weighted by Gasteiger charge is -2.09. The van der Waals surface area contributed by atoms with E-state index in [1.807, 2.05) is 61.5 Å². The van der Waals surface area contributed by atoms with Crippen molar-refractivity contribution < 1.29 is 9.53 Å². The Bertz CT molecular complexity index is 939. The minimum atomic E-state index is -0.0158. The van der Waals surface area contributed by atoms with Gasteiger partial charge in [0.25, 0.3) is 0 Å². The number of carbonyl (C=O) groups excluding carboxylic acids is 1. The molecule has 152 valence electrons. The number of halogens is 1. The van der Waals surface area contributed by atoms with Crippen LogP contribution in [-0.2, 0) is 17.9 Å². The van der Waals surface area contributed by atoms with Crippen molar-refractivity contribution in [3.05, 3.63) is 76.6 Å². The predicted molar refractivity (Wildman–Crippen MR) is 114 cm³/mol. The third-order valence-electron chi connectivity index (χ3n) is 4.43. The van der Waals surface area contributed by atoms with Gasteiger partial charge in [-0.25, -0.2) is 4.68 Å². The lowest BCUT2D eigenvalue weighted by molar-refractivity contribution is -0.118. The van der Waals surface area contributed by atoms with Crippen LogP contribution in [0.25, 0.3) is 5.69 Å². The Hall–Kier alpha value is -2.83. The predicted octanol–water partition coefficient (Wildman–Crippen LogP) is 3.64. The summed E-state index contributed by atoms with van der Waals surface area (Å²) in [6.45, 7) is 5.87. The van der Waals surface area contributed by atoms with Crippen LogP contribution in [0.3, 0.4) is 0 Å². The molecule has 0 saturated heterocycles.